The van der Waals surface area contributed by atoms with Crippen LogP contribution in [0.25, 0.3) is 11.3 Å². The molecule has 2 heterocycles. The summed E-state index contributed by atoms with van der Waals surface area (Å²) >= 11 is 0. The maximum atomic E-state index is 13.1. The molecule has 7 heteroatoms. The number of ether oxygens (including phenoxy) is 1. The van der Waals surface area contributed by atoms with Gasteiger partial charge in [-0.1, -0.05) is 36.4 Å². The number of methoxy groups -OCH3 is 1. The lowest BCUT2D eigenvalue weighted by Gasteiger charge is -2.37. The van der Waals surface area contributed by atoms with Crippen LogP contribution in [0.1, 0.15) is 13.0 Å². The fraction of sp³-hybridized carbons (Fsp3) is 0.292. The summed E-state index contributed by atoms with van der Waals surface area (Å²) in [5.41, 5.74) is 2.37. The summed E-state index contributed by atoms with van der Waals surface area (Å²) in [4.78, 5) is 29.6. The highest BCUT2D eigenvalue weighted by molar-refractivity contribution is 5.80. The molecule has 0 saturated carbocycles. The fourth-order valence-electron chi connectivity index (χ4n) is 3.83. The predicted octanol–water partition coefficient (Wildman–Crippen LogP) is 2.83. The first-order valence-corrected chi connectivity index (χ1v) is 10.4. The number of carbonyl (C=O) groups is 1. The van der Waals surface area contributed by atoms with Crippen molar-refractivity contribution in [3.05, 3.63) is 77.1 Å². The number of rotatable bonds is 5. The average Bonchev–Trinajstić information content (AvgIpc) is 2.84. The van der Waals surface area contributed by atoms with Gasteiger partial charge >= 0.3 is 0 Å². The van der Waals surface area contributed by atoms with Crippen LogP contribution in [-0.2, 0) is 4.79 Å². The Kier molecular flexibility index (Phi) is 6.02. The van der Waals surface area contributed by atoms with Crippen LogP contribution in [0, 0.1) is 0 Å². The highest BCUT2D eigenvalue weighted by Crippen LogP contribution is 2.23. The molecule has 1 amide bonds. The van der Waals surface area contributed by atoms with Gasteiger partial charge in [0.15, 0.2) is 0 Å². The van der Waals surface area contributed by atoms with Crippen LogP contribution in [0.3, 0.4) is 0 Å². The summed E-state index contributed by atoms with van der Waals surface area (Å²) in [6, 6.07) is 20.0. The van der Waals surface area contributed by atoms with Crippen LogP contribution in [0.15, 0.2) is 71.5 Å². The maximum Gasteiger partial charge on any atom is 0.267 e. The molecule has 1 aliphatic heterocycles. The number of benzene rings is 2. The quantitative estimate of drug-likeness (QED) is 0.637. The Labute approximate surface area is 181 Å². The van der Waals surface area contributed by atoms with Gasteiger partial charge in [0, 0.05) is 49.6 Å². The summed E-state index contributed by atoms with van der Waals surface area (Å²) in [5.74, 6) is 0.721. The number of nitrogens with zero attached hydrogens (tertiary/aromatic N) is 4. The van der Waals surface area contributed by atoms with Gasteiger partial charge in [0.05, 0.1) is 12.8 Å². The van der Waals surface area contributed by atoms with Crippen LogP contribution >= 0.6 is 0 Å². The molecule has 1 aromatic heterocycles. The van der Waals surface area contributed by atoms with E-state index >= 15 is 0 Å². The molecule has 1 fully saturated rings. The zero-order valence-corrected chi connectivity index (χ0v) is 17.8. The third kappa shape index (κ3) is 4.45. The average molecular weight is 418 g/mol. The first-order valence-electron chi connectivity index (χ1n) is 10.4. The molecule has 0 spiro atoms. The monoisotopic (exact) mass is 418 g/mol. The lowest BCUT2D eigenvalue weighted by molar-refractivity contribution is -0.135. The van der Waals surface area contributed by atoms with E-state index in [-0.39, 0.29) is 11.5 Å². The van der Waals surface area contributed by atoms with Crippen LogP contribution in [0.2, 0.25) is 0 Å². The molecular formula is C24H26N4O3. The molecule has 3 aromatic rings. The lowest BCUT2D eigenvalue weighted by atomic mass is 10.1. The number of amides is 1. The molecular weight excluding hydrogens is 392 g/mol. The molecule has 7 nitrogen and oxygen atoms in total. The molecule has 0 radical (unpaired) electrons. The van der Waals surface area contributed by atoms with E-state index in [1.54, 1.807) is 20.1 Å². The van der Waals surface area contributed by atoms with Crippen molar-refractivity contribution in [2.24, 2.45) is 0 Å². The number of hydrogen-bond acceptors (Lipinski definition) is 5. The molecule has 2 aromatic carbocycles. The van der Waals surface area contributed by atoms with Crippen molar-refractivity contribution in [3.8, 4) is 17.0 Å². The number of carbonyl (C=O) groups excluding carboxylic acids is 1. The largest absolute Gasteiger partial charge is 0.497 e. The zero-order chi connectivity index (χ0) is 21.8. The second-order valence-corrected chi connectivity index (χ2v) is 7.56. The van der Waals surface area contributed by atoms with E-state index in [0.29, 0.717) is 18.8 Å². The smallest absolute Gasteiger partial charge is 0.267 e. The standard InChI is InChI=1S/C24H26N4O3/c1-18(28-23(29)12-11-22(25-28)19-7-4-3-5-8-19)24(30)27-15-13-26(14-16-27)20-9-6-10-21(17-20)31-2/h3-12,17-18H,13-16H2,1-2H3. The Morgan fingerprint density at radius 3 is 2.42 bits per heavy atom. The third-order valence-electron chi connectivity index (χ3n) is 5.63. The minimum atomic E-state index is -0.667. The fourth-order valence-corrected chi connectivity index (χ4v) is 3.83. The van der Waals surface area contributed by atoms with Gasteiger partial charge in [-0.05, 0) is 25.1 Å². The van der Waals surface area contributed by atoms with Crippen molar-refractivity contribution < 1.29 is 9.53 Å². The molecule has 0 N–H and O–H groups in total. The van der Waals surface area contributed by atoms with E-state index in [1.165, 1.54) is 10.7 Å². The Morgan fingerprint density at radius 1 is 0.968 bits per heavy atom. The zero-order valence-electron chi connectivity index (χ0n) is 17.8. The van der Waals surface area contributed by atoms with Gasteiger partial charge in [0.25, 0.3) is 5.56 Å². The van der Waals surface area contributed by atoms with Crippen LogP contribution in [0.5, 0.6) is 5.75 Å². The molecule has 4 rings (SSSR count). The molecule has 1 atom stereocenters. The van der Waals surface area contributed by atoms with Gasteiger partial charge < -0.3 is 14.5 Å². The third-order valence-corrected chi connectivity index (χ3v) is 5.63. The molecule has 31 heavy (non-hydrogen) atoms. The minimum Gasteiger partial charge on any atom is -0.497 e. The Morgan fingerprint density at radius 2 is 1.71 bits per heavy atom. The van der Waals surface area contributed by atoms with Crippen LogP contribution in [-0.4, -0.2) is 53.9 Å². The first kappa shape index (κ1) is 20.7. The predicted molar refractivity (Wildman–Crippen MR) is 120 cm³/mol. The van der Waals surface area contributed by atoms with Crippen molar-refractivity contribution in [1.29, 1.82) is 0 Å². The number of hydrogen-bond donors (Lipinski definition) is 0. The van der Waals surface area contributed by atoms with Crippen LogP contribution in [0.4, 0.5) is 5.69 Å². The summed E-state index contributed by atoms with van der Waals surface area (Å²) < 4.78 is 6.60. The second-order valence-electron chi connectivity index (χ2n) is 7.56. The summed E-state index contributed by atoms with van der Waals surface area (Å²) in [7, 11) is 1.65. The lowest BCUT2D eigenvalue weighted by Crippen LogP contribution is -2.51. The SMILES string of the molecule is COc1cccc(N2CCN(C(=O)C(C)n3nc(-c4ccccc4)ccc3=O)CC2)c1. The van der Waals surface area contributed by atoms with Gasteiger partial charge in [-0.3, -0.25) is 9.59 Å². The first-order chi connectivity index (χ1) is 15.1. The molecule has 1 unspecified atom stereocenters. The van der Waals surface area contributed by atoms with Crippen molar-refractivity contribution in [2.45, 2.75) is 13.0 Å². The van der Waals surface area contributed by atoms with Crippen molar-refractivity contribution in [3.63, 3.8) is 0 Å². The highest BCUT2D eigenvalue weighted by Gasteiger charge is 2.27. The van der Waals surface area contributed by atoms with E-state index in [4.69, 9.17) is 4.74 Å². The second kappa shape index (κ2) is 9.04. The minimum absolute atomic E-state index is 0.0925. The summed E-state index contributed by atoms with van der Waals surface area (Å²) in [5, 5.41) is 4.47. The molecule has 0 bridgehead atoms. The van der Waals surface area contributed by atoms with Gasteiger partial charge in [-0.15, -0.1) is 0 Å². The number of aromatic nitrogens is 2. The van der Waals surface area contributed by atoms with Gasteiger partial charge in [0.2, 0.25) is 5.91 Å². The highest BCUT2D eigenvalue weighted by atomic mass is 16.5. The van der Waals surface area contributed by atoms with E-state index in [1.807, 2.05) is 59.5 Å². The van der Waals surface area contributed by atoms with Crippen molar-refractivity contribution in [2.75, 3.05) is 38.2 Å². The normalized spacial score (nSPS) is 14.9. The van der Waals surface area contributed by atoms with Crippen molar-refractivity contribution >= 4 is 11.6 Å². The maximum absolute atomic E-state index is 13.1. The van der Waals surface area contributed by atoms with Gasteiger partial charge in [0.1, 0.15) is 11.8 Å². The Balaban J connectivity index is 1.46. The van der Waals surface area contributed by atoms with E-state index < -0.39 is 6.04 Å². The van der Waals surface area contributed by atoms with Gasteiger partial charge in [-0.2, -0.15) is 5.10 Å². The summed E-state index contributed by atoms with van der Waals surface area (Å²) in [6.07, 6.45) is 0. The van der Waals surface area contributed by atoms with Crippen molar-refractivity contribution in [1.82, 2.24) is 14.7 Å². The Hall–Kier alpha value is -3.61. The van der Waals surface area contributed by atoms with Gasteiger partial charge in [-0.25, -0.2) is 4.68 Å². The molecule has 1 saturated heterocycles. The topological polar surface area (TPSA) is 67.7 Å². The van der Waals surface area contributed by atoms with E-state index in [9.17, 15) is 9.59 Å². The molecule has 0 aliphatic carbocycles. The summed E-state index contributed by atoms with van der Waals surface area (Å²) in [6.45, 7) is 4.36. The Bertz CT molecular complexity index is 1110. The van der Waals surface area contributed by atoms with E-state index in [0.717, 1.165) is 30.1 Å². The molecule has 160 valence electrons. The van der Waals surface area contributed by atoms with Crippen LogP contribution < -0.4 is 15.2 Å². The molecule has 1 aliphatic rings. The van der Waals surface area contributed by atoms with E-state index in [2.05, 4.69) is 10.00 Å². The number of piperazine rings is 1. The number of anilines is 1.